The van der Waals surface area contributed by atoms with Crippen LogP contribution in [0, 0.1) is 0 Å². The van der Waals surface area contributed by atoms with E-state index in [0.717, 1.165) is 0 Å². The zero-order chi connectivity index (χ0) is 15.5. The molecule has 0 rings (SSSR count). The van der Waals surface area contributed by atoms with Gasteiger partial charge >= 0.3 is 31.3 Å². The summed E-state index contributed by atoms with van der Waals surface area (Å²) in [5, 5.41) is 0. The zero-order valence-electron chi connectivity index (χ0n) is 8.41. The van der Waals surface area contributed by atoms with Gasteiger partial charge in [-0.3, -0.25) is 0 Å². The molecular formula is H8N2O13P4. The normalized spacial score (nSPS) is 19.7. The van der Waals surface area contributed by atoms with Crippen LogP contribution in [-0.4, -0.2) is 19.6 Å². The zero-order valence-corrected chi connectivity index (χ0v) is 12.0. The minimum Gasteiger partial charge on any atom is -0.302 e. The molecule has 0 bridgehead atoms. The number of rotatable bonds is 8. The molecule has 0 aromatic heterocycles. The third-order valence-corrected chi connectivity index (χ3v) is 6.35. The fraction of sp³-hybridized carbons (Fsp3) is 0. The van der Waals surface area contributed by atoms with Crippen LogP contribution in [-0.2, 0) is 40.4 Å². The van der Waals surface area contributed by atoms with Crippen LogP contribution in [0.25, 0.3) is 0 Å². The Kier molecular flexibility index (Phi) is 6.66. The second-order valence-corrected chi connectivity index (χ2v) is 8.46. The highest BCUT2D eigenvalue weighted by Crippen LogP contribution is 2.71. The molecule has 15 nitrogen and oxygen atoms in total. The summed E-state index contributed by atoms with van der Waals surface area (Å²) in [6, 6.07) is 0. The maximum atomic E-state index is 11.1. The van der Waals surface area contributed by atoms with E-state index in [0.29, 0.717) is 0 Å². The first kappa shape index (κ1) is 19.5. The lowest BCUT2D eigenvalue weighted by Gasteiger charge is -2.18. The van der Waals surface area contributed by atoms with E-state index in [1.807, 2.05) is 0 Å². The summed E-state index contributed by atoms with van der Waals surface area (Å²) in [4.78, 5) is 33.9. The maximum Gasteiger partial charge on any atom is 0.516 e. The lowest BCUT2D eigenvalue weighted by atomic mass is 13.6. The molecule has 0 saturated carbocycles. The molecule has 116 valence electrons. The Morgan fingerprint density at radius 1 is 0.684 bits per heavy atom. The molecule has 0 aliphatic carbocycles. The summed E-state index contributed by atoms with van der Waals surface area (Å²) in [5.74, 6) is 8.64. The van der Waals surface area contributed by atoms with Gasteiger partial charge in [0.25, 0.3) is 0 Å². The van der Waals surface area contributed by atoms with Crippen LogP contribution in [0.15, 0.2) is 0 Å². The topological polar surface area (TPSA) is 247 Å². The van der Waals surface area contributed by atoms with Gasteiger partial charge < -0.3 is 19.6 Å². The fourth-order valence-corrected chi connectivity index (χ4v) is 4.75. The Balaban J connectivity index is 4.97. The average molecular weight is 368 g/mol. The van der Waals surface area contributed by atoms with Crippen molar-refractivity contribution in [3.63, 3.8) is 0 Å². The lowest BCUT2D eigenvalue weighted by Crippen LogP contribution is -2.07. The van der Waals surface area contributed by atoms with Crippen LogP contribution in [0.5, 0.6) is 0 Å². The van der Waals surface area contributed by atoms with E-state index in [4.69, 9.17) is 19.6 Å². The van der Waals surface area contributed by atoms with Crippen molar-refractivity contribution >= 4 is 31.3 Å². The molecule has 0 heterocycles. The smallest absolute Gasteiger partial charge is 0.302 e. The van der Waals surface area contributed by atoms with Crippen LogP contribution in [0.3, 0.4) is 0 Å². The molecule has 0 spiro atoms. The highest BCUT2D eigenvalue weighted by molar-refractivity contribution is 7.69. The maximum absolute atomic E-state index is 11.1. The number of hydrogen-bond acceptors (Lipinski definition) is 11. The molecular weight excluding hydrogens is 360 g/mol. The van der Waals surface area contributed by atoms with Gasteiger partial charge in [-0.05, 0) is 0 Å². The molecule has 0 aliphatic rings. The summed E-state index contributed by atoms with van der Waals surface area (Å²) in [5.41, 5.74) is 0. The molecule has 0 aliphatic heterocycles. The Morgan fingerprint density at radius 3 is 1.37 bits per heavy atom. The van der Waals surface area contributed by atoms with Crippen molar-refractivity contribution in [2.24, 2.45) is 11.8 Å². The first-order chi connectivity index (χ1) is 8.24. The van der Waals surface area contributed by atoms with E-state index < -0.39 is 31.3 Å². The van der Waals surface area contributed by atoms with Crippen molar-refractivity contribution in [1.29, 1.82) is 0 Å². The highest BCUT2D eigenvalue weighted by Gasteiger charge is 2.45. The van der Waals surface area contributed by atoms with Crippen LogP contribution >= 0.6 is 31.3 Å². The molecule has 0 radical (unpaired) electrons. The molecule has 0 fully saturated rings. The Hall–Kier alpha value is 0.480. The van der Waals surface area contributed by atoms with Gasteiger partial charge in [0.1, 0.15) is 0 Å². The summed E-state index contributed by atoms with van der Waals surface area (Å²) in [6.07, 6.45) is 0. The van der Waals surface area contributed by atoms with Crippen molar-refractivity contribution in [2.45, 2.75) is 0 Å². The average Bonchev–Trinajstić information content (AvgIpc) is 2.10. The molecule has 8 N–H and O–H groups in total. The number of nitrogens with two attached hydrogens (primary N) is 2. The molecule has 0 amide bonds. The van der Waals surface area contributed by atoms with Crippen LogP contribution in [0.4, 0.5) is 0 Å². The molecule has 19 heteroatoms. The van der Waals surface area contributed by atoms with Gasteiger partial charge in [-0.15, -0.1) is 0 Å². The number of phosphoric acid groups is 4. The molecule has 2 unspecified atom stereocenters. The SMILES string of the molecule is NOP(=O)(ON)OP(=O)(O)OP(=O)(O)OP(=O)(O)O. The third-order valence-electron chi connectivity index (χ3n) is 0.877. The first-order valence-electron chi connectivity index (χ1n) is 3.46. The van der Waals surface area contributed by atoms with Gasteiger partial charge in [0.2, 0.25) is 0 Å². The highest BCUT2D eigenvalue weighted by atomic mass is 31.3. The minimum absolute atomic E-state index is 3.15. The molecule has 0 aromatic rings. The van der Waals surface area contributed by atoms with Crippen molar-refractivity contribution in [3.8, 4) is 0 Å². The van der Waals surface area contributed by atoms with E-state index in [1.165, 1.54) is 0 Å². The molecule has 2 atom stereocenters. The van der Waals surface area contributed by atoms with Gasteiger partial charge in [-0.1, -0.05) is 0 Å². The van der Waals surface area contributed by atoms with Gasteiger partial charge in [-0.2, -0.15) is 22.2 Å². The van der Waals surface area contributed by atoms with Crippen LogP contribution in [0.1, 0.15) is 0 Å². The quantitative estimate of drug-likeness (QED) is 0.227. The van der Waals surface area contributed by atoms with Gasteiger partial charge in [0.05, 0.1) is 0 Å². The van der Waals surface area contributed by atoms with E-state index in [9.17, 15) is 18.3 Å². The second-order valence-electron chi connectivity index (χ2n) is 2.33. The molecule has 0 saturated heterocycles. The van der Waals surface area contributed by atoms with Crippen molar-refractivity contribution in [1.82, 2.24) is 0 Å². The minimum atomic E-state index is -5.76. The predicted molar refractivity (Wildman–Crippen MR) is 53.1 cm³/mol. The third kappa shape index (κ3) is 8.38. The van der Waals surface area contributed by atoms with Crippen LogP contribution in [0.2, 0.25) is 0 Å². The van der Waals surface area contributed by atoms with Gasteiger partial charge in [0.15, 0.2) is 0 Å². The van der Waals surface area contributed by atoms with Crippen LogP contribution < -0.4 is 11.8 Å². The Labute approximate surface area is 104 Å². The second kappa shape index (κ2) is 6.50. The van der Waals surface area contributed by atoms with E-state index in [2.05, 4.69) is 34.0 Å². The predicted octanol–water partition coefficient (Wildman–Crippen LogP) is -0.782. The summed E-state index contributed by atoms with van der Waals surface area (Å²) >= 11 is 0. The van der Waals surface area contributed by atoms with E-state index in [-0.39, 0.29) is 0 Å². The molecule has 0 aromatic carbocycles. The summed E-state index contributed by atoms with van der Waals surface area (Å²) in [7, 11) is -22.0. The van der Waals surface area contributed by atoms with Gasteiger partial charge in [-0.25, -0.2) is 30.1 Å². The standard InChI is InChI=1S/H8N2O13P4/c1-11-19(10,12-2)15-18(8,9)14-17(6,7)13-16(3,4)5/h1-2H2,(H,6,7)(H,8,9)(H2,3,4,5). The largest absolute Gasteiger partial charge is 0.516 e. The van der Waals surface area contributed by atoms with Crippen molar-refractivity contribution in [3.05, 3.63) is 0 Å². The van der Waals surface area contributed by atoms with Crippen molar-refractivity contribution < 1.29 is 60.0 Å². The Bertz CT molecular complexity index is 479. The lowest BCUT2D eigenvalue weighted by molar-refractivity contribution is 0.139. The number of hydrogen-bond donors (Lipinski definition) is 6. The van der Waals surface area contributed by atoms with E-state index in [1.54, 1.807) is 0 Å². The Morgan fingerprint density at radius 2 is 1.05 bits per heavy atom. The van der Waals surface area contributed by atoms with E-state index >= 15 is 0 Å². The summed E-state index contributed by atoms with van der Waals surface area (Å²) < 4.78 is 60.2. The first-order valence-corrected chi connectivity index (χ1v) is 9.44. The molecule has 19 heavy (non-hydrogen) atoms. The van der Waals surface area contributed by atoms with Crippen molar-refractivity contribution in [2.75, 3.05) is 0 Å². The summed E-state index contributed by atoms with van der Waals surface area (Å²) in [6.45, 7) is 0. The van der Waals surface area contributed by atoms with Gasteiger partial charge in [0, 0.05) is 0 Å². The fourth-order valence-electron chi connectivity index (χ4n) is 0.484. The monoisotopic (exact) mass is 368 g/mol.